The predicted molar refractivity (Wildman–Crippen MR) is 73.3 cm³/mol. The molecule has 19 heavy (non-hydrogen) atoms. The van der Waals surface area contributed by atoms with Gasteiger partial charge in [0, 0.05) is 36.1 Å². The van der Waals surface area contributed by atoms with Crippen LogP contribution in [0.3, 0.4) is 0 Å². The van der Waals surface area contributed by atoms with Crippen molar-refractivity contribution in [2.45, 2.75) is 25.8 Å². The van der Waals surface area contributed by atoms with Crippen molar-refractivity contribution in [3.05, 3.63) is 59.4 Å². The lowest BCUT2D eigenvalue weighted by Crippen LogP contribution is -2.20. The molecule has 1 unspecified atom stereocenters. The molecule has 2 aromatic rings. The third kappa shape index (κ3) is 3.35. The van der Waals surface area contributed by atoms with Crippen LogP contribution in [0, 0.1) is 5.82 Å². The van der Waals surface area contributed by atoms with Gasteiger partial charge >= 0.3 is 0 Å². The molecule has 0 saturated heterocycles. The number of nitrogens with zero attached hydrogens (tertiary/aromatic N) is 2. The molecule has 0 aliphatic rings. The highest BCUT2D eigenvalue weighted by Crippen LogP contribution is 2.19. The van der Waals surface area contributed by atoms with E-state index in [4.69, 9.17) is 0 Å². The van der Waals surface area contributed by atoms with Crippen LogP contribution in [-0.4, -0.2) is 17.0 Å². The molecule has 0 aliphatic carbocycles. The maximum Gasteiger partial charge on any atom is 0.146 e. The summed E-state index contributed by atoms with van der Waals surface area (Å²) in [5.74, 6) is -0.285. The Bertz CT molecular complexity index is 525. The molecule has 4 heteroatoms. The van der Waals surface area contributed by atoms with E-state index < -0.39 is 0 Å². The van der Waals surface area contributed by atoms with Gasteiger partial charge in [0.25, 0.3) is 0 Å². The highest BCUT2D eigenvalue weighted by molar-refractivity contribution is 5.21. The summed E-state index contributed by atoms with van der Waals surface area (Å²) in [5, 5.41) is 3.13. The lowest BCUT2D eigenvalue weighted by Gasteiger charge is -2.16. The van der Waals surface area contributed by atoms with Crippen molar-refractivity contribution in [2.24, 2.45) is 0 Å². The first-order chi connectivity index (χ1) is 9.24. The van der Waals surface area contributed by atoms with Gasteiger partial charge in [-0.1, -0.05) is 13.0 Å². The Morgan fingerprint density at radius 1 is 1.26 bits per heavy atom. The first-order valence-corrected chi connectivity index (χ1v) is 6.45. The van der Waals surface area contributed by atoms with Crippen LogP contribution >= 0.6 is 0 Å². The second kappa shape index (κ2) is 6.38. The Balaban J connectivity index is 2.17. The highest BCUT2D eigenvalue weighted by atomic mass is 19.1. The van der Waals surface area contributed by atoms with E-state index >= 15 is 0 Å². The van der Waals surface area contributed by atoms with Crippen molar-refractivity contribution in [3.8, 4) is 0 Å². The number of rotatable bonds is 5. The van der Waals surface area contributed by atoms with E-state index in [0.29, 0.717) is 12.0 Å². The van der Waals surface area contributed by atoms with E-state index in [9.17, 15) is 4.39 Å². The normalized spacial score (nSPS) is 12.4. The number of hydrogen-bond acceptors (Lipinski definition) is 3. The van der Waals surface area contributed by atoms with Gasteiger partial charge in [-0.15, -0.1) is 0 Å². The molecule has 0 amide bonds. The largest absolute Gasteiger partial charge is 0.313 e. The molecule has 1 atom stereocenters. The first-order valence-electron chi connectivity index (χ1n) is 6.45. The summed E-state index contributed by atoms with van der Waals surface area (Å²) in [6.45, 7) is 2.10. The molecule has 0 fully saturated rings. The van der Waals surface area contributed by atoms with E-state index in [0.717, 1.165) is 12.1 Å². The maximum atomic E-state index is 13.7. The van der Waals surface area contributed by atoms with Crippen molar-refractivity contribution in [1.82, 2.24) is 15.3 Å². The number of likely N-dealkylation sites (N-methyl/N-ethyl adjacent to an activating group) is 1. The Morgan fingerprint density at radius 2 is 2.11 bits per heavy atom. The van der Waals surface area contributed by atoms with Crippen molar-refractivity contribution in [2.75, 3.05) is 7.05 Å². The zero-order chi connectivity index (χ0) is 13.7. The molecule has 2 rings (SSSR count). The van der Waals surface area contributed by atoms with E-state index in [1.807, 2.05) is 19.3 Å². The Kier molecular flexibility index (Phi) is 4.58. The molecule has 0 aromatic carbocycles. The molecule has 0 aliphatic heterocycles. The van der Waals surface area contributed by atoms with Gasteiger partial charge < -0.3 is 5.32 Å². The SMILES string of the molecule is CCc1ccc(CC(NC)c2ccncc2F)nc1. The van der Waals surface area contributed by atoms with Crippen molar-refractivity contribution in [1.29, 1.82) is 0 Å². The van der Waals surface area contributed by atoms with Gasteiger partial charge in [0.15, 0.2) is 0 Å². The Hall–Kier alpha value is -1.81. The van der Waals surface area contributed by atoms with E-state index in [1.165, 1.54) is 11.8 Å². The fourth-order valence-corrected chi connectivity index (χ4v) is 2.03. The number of halogens is 1. The summed E-state index contributed by atoms with van der Waals surface area (Å²) in [6.07, 6.45) is 6.36. The van der Waals surface area contributed by atoms with Crippen LogP contribution in [0.15, 0.2) is 36.8 Å². The lowest BCUT2D eigenvalue weighted by molar-refractivity contribution is 0.526. The lowest BCUT2D eigenvalue weighted by atomic mass is 10.0. The molecule has 0 spiro atoms. The van der Waals surface area contributed by atoms with Crippen LogP contribution in [-0.2, 0) is 12.8 Å². The van der Waals surface area contributed by atoms with E-state index in [2.05, 4.69) is 28.3 Å². The molecule has 2 heterocycles. The summed E-state index contributed by atoms with van der Waals surface area (Å²) in [7, 11) is 1.82. The van der Waals surface area contributed by atoms with Gasteiger partial charge in [-0.25, -0.2) is 4.39 Å². The summed E-state index contributed by atoms with van der Waals surface area (Å²) in [5.41, 5.74) is 2.78. The van der Waals surface area contributed by atoms with Crippen LogP contribution in [0.25, 0.3) is 0 Å². The summed E-state index contributed by atoms with van der Waals surface area (Å²) in [6, 6.07) is 5.68. The molecule has 0 bridgehead atoms. The third-order valence-electron chi connectivity index (χ3n) is 3.24. The first kappa shape index (κ1) is 13.6. The molecular formula is C15H18FN3. The van der Waals surface area contributed by atoms with Crippen LogP contribution in [0.4, 0.5) is 4.39 Å². The topological polar surface area (TPSA) is 37.8 Å². The fraction of sp³-hybridized carbons (Fsp3) is 0.333. The minimum Gasteiger partial charge on any atom is -0.313 e. The van der Waals surface area contributed by atoms with Crippen LogP contribution in [0.1, 0.15) is 29.8 Å². The maximum absolute atomic E-state index is 13.7. The fourth-order valence-electron chi connectivity index (χ4n) is 2.03. The van der Waals surface area contributed by atoms with Gasteiger partial charge in [-0.05, 0) is 31.2 Å². The van der Waals surface area contributed by atoms with Gasteiger partial charge in [0.2, 0.25) is 0 Å². The zero-order valence-corrected chi connectivity index (χ0v) is 11.2. The predicted octanol–water partition coefficient (Wildman–Crippen LogP) is 2.68. The second-order valence-electron chi connectivity index (χ2n) is 4.45. The van der Waals surface area contributed by atoms with Gasteiger partial charge in [-0.2, -0.15) is 0 Å². The van der Waals surface area contributed by atoms with E-state index in [1.54, 1.807) is 12.3 Å². The smallest absolute Gasteiger partial charge is 0.146 e. The molecule has 0 radical (unpaired) electrons. The van der Waals surface area contributed by atoms with Crippen LogP contribution in [0.5, 0.6) is 0 Å². The summed E-state index contributed by atoms with van der Waals surface area (Å²) < 4.78 is 13.7. The quantitative estimate of drug-likeness (QED) is 0.897. The molecular weight excluding hydrogens is 241 g/mol. The standard InChI is InChI=1S/C15H18FN3/c1-3-11-4-5-12(19-9-11)8-15(17-2)13-6-7-18-10-14(13)16/h4-7,9-10,15,17H,3,8H2,1-2H3. The molecule has 1 N–H and O–H groups in total. The number of aryl methyl sites for hydroxylation is 1. The average molecular weight is 259 g/mol. The summed E-state index contributed by atoms with van der Waals surface area (Å²) >= 11 is 0. The van der Waals surface area contributed by atoms with E-state index in [-0.39, 0.29) is 11.9 Å². The zero-order valence-electron chi connectivity index (χ0n) is 11.2. The molecule has 0 saturated carbocycles. The third-order valence-corrected chi connectivity index (χ3v) is 3.24. The number of hydrogen-bond donors (Lipinski definition) is 1. The Morgan fingerprint density at radius 3 is 2.68 bits per heavy atom. The van der Waals surface area contributed by atoms with Gasteiger partial charge in [0.05, 0.1) is 6.20 Å². The number of pyridine rings is 2. The summed E-state index contributed by atoms with van der Waals surface area (Å²) in [4.78, 5) is 8.19. The van der Waals surface area contributed by atoms with Gasteiger partial charge in [-0.3, -0.25) is 9.97 Å². The van der Waals surface area contributed by atoms with Crippen molar-refractivity contribution in [3.63, 3.8) is 0 Å². The van der Waals surface area contributed by atoms with Gasteiger partial charge in [0.1, 0.15) is 5.82 Å². The Labute approximate surface area is 112 Å². The minimum atomic E-state index is -0.285. The van der Waals surface area contributed by atoms with Crippen molar-refractivity contribution >= 4 is 0 Å². The molecule has 3 nitrogen and oxygen atoms in total. The second-order valence-corrected chi connectivity index (χ2v) is 4.45. The van der Waals surface area contributed by atoms with Crippen molar-refractivity contribution < 1.29 is 4.39 Å². The number of aromatic nitrogens is 2. The molecule has 100 valence electrons. The van der Waals surface area contributed by atoms with Crippen LogP contribution in [0.2, 0.25) is 0 Å². The van der Waals surface area contributed by atoms with Crippen LogP contribution < -0.4 is 5.32 Å². The average Bonchev–Trinajstić information content (AvgIpc) is 2.46. The minimum absolute atomic E-state index is 0.0945. The monoisotopic (exact) mass is 259 g/mol. The number of nitrogens with one attached hydrogen (secondary N) is 1. The highest BCUT2D eigenvalue weighted by Gasteiger charge is 2.14. The molecule has 2 aromatic heterocycles.